The molecule has 0 unspecified atom stereocenters. The molecule has 0 saturated carbocycles. The fourth-order valence-corrected chi connectivity index (χ4v) is 1.55. The van der Waals surface area contributed by atoms with Gasteiger partial charge in [-0.25, -0.2) is 4.79 Å². The van der Waals surface area contributed by atoms with Gasteiger partial charge in [0.2, 0.25) is 5.75 Å². The molecule has 0 spiro atoms. The van der Waals surface area contributed by atoms with Crippen molar-refractivity contribution in [1.29, 1.82) is 0 Å². The van der Waals surface area contributed by atoms with Gasteiger partial charge in [0.05, 0.1) is 16.3 Å². The lowest BCUT2D eigenvalue weighted by Gasteiger charge is -2.08. The van der Waals surface area contributed by atoms with Gasteiger partial charge in [-0.2, -0.15) is 0 Å². The zero-order valence-corrected chi connectivity index (χ0v) is 9.32. The summed E-state index contributed by atoms with van der Waals surface area (Å²) in [4.78, 5) is 31.7. The second-order valence-electron chi connectivity index (χ2n) is 3.48. The standard InChI is InChI=1S/C11H7NO7/c13-8(14)5-18-10-6-3-1-2-4-7(6)19-11(15)9(10)12(16)17/h1-4H,5H2,(H,13,14)/p-1. The Kier molecular flexibility index (Phi) is 3.15. The van der Waals surface area contributed by atoms with E-state index in [-0.39, 0.29) is 11.0 Å². The van der Waals surface area contributed by atoms with E-state index in [4.69, 9.17) is 9.15 Å². The van der Waals surface area contributed by atoms with Crippen LogP contribution >= 0.6 is 0 Å². The second-order valence-corrected chi connectivity index (χ2v) is 3.48. The third-order valence-electron chi connectivity index (χ3n) is 2.26. The number of carboxylic acid groups (broad SMARTS) is 1. The van der Waals surface area contributed by atoms with Crippen LogP contribution in [0.4, 0.5) is 5.69 Å². The maximum atomic E-state index is 11.5. The van der Waals surface area contributed by atoms with Crippen LogP contribution in [0.3, 0.4) is 0 Å². The molecule has 0 saturated heterocycles. The van der Waals surface area contributed by atoms with Crippen molar-refractivity contribution in [1.82, 2.24) is 0 Å². The predicted molar refractivity (Wildman–Crippen MR) is 59.6 cm³/mol. The molecule has 2 rings (SSSR count). The molecule has 0 radical (unpaired) electrons. The molecular formula is C11H6NO7-. The number of hydrogen-bond donors (Lipinski definition) is 0. The van der Waals surface area contributed by atoms with Crippen molar-refractivity contribution in [2.24, 2.45) is 0 Å². The zero-order valence-electron chi connectivity index (χ0n) is 9.32. The lowest BCUT2D eigenvalue weighted by Crippen LogP contribution is -2.29. The van der Waals surface area contributed by atoms with E-state index < -0.39 is 34.6 Å². The molecular weight excluding hydrogens is 258 g/mol. The topological polar surface area (TPSA) is 123 Å². The first-order valence-corrected chi connectivity index (χ1v) is 5.03. The van der Waals surface area contributed by atoms with Crippen LogP contribution in [0, 0.1) is 10.1 Å². The Morgan fingerprint density at radius 1 is 1.37 bits per heavy atom. The summed E-state index contributed by atoms with van der Waals surface area (Å²) in [5, 5.41) is 21.3. The van der Waals surface area contributed by atoms with Crippen LogP contribution in [-0.4, -0.2) is 17.5 Å². The highest BCUT2D eigenvalue weighted by Gasteiger charge is 2.26. The summed E-state index contributed by atoms with van der Waals surface area (Å²) in [5.41, 5.74) is -2.09. The van der Waals surface area contributed by atoms with E-state index in [0.717, 1.165) is 0 Å². The minimum Gasteiger partial charge on any atom is -0.546 e. The van der Waals surface area contributed by atoms with Crippen molar-refractivity contribution in [3.63, 3.8) is 0 Å². The third kappa shape index (κ3) is 2.37. The van der Waals surface area contributed by atoms with Gasteiger partial charge in [0.15, 0.2) is 0 Å². The smallest absolute Gasteiger partial charge is 0.419 e. The van der Waals surface area contributed by atoms with Crippen molar-refractivity contribution < 1.29 is 24.0 Å². The quantitative estimate of drug-likeness (QED) is 0.426. The summed E-state index contributed by atoms with van der Waals surface area (Å²) in [6.07, 6.45) is 0. The second kappa shape index (κ2) is 4.77. The van der Waals surface area contributed by atoms with Crippen molar-refractivity contribution >= 4 is 22.6 Å². The maximum Gasteiger partial charge on any atom is 0.419 e. The normalized spacial score (nSPS) is 10.3. The van der Waals surface area contributed by atoms with Gasteiger partial charge in [0.25, 0.3) is 0 Å². The summed E-state index contributed by atoms with van der Waals surface area (Å²) in [6.45, 7) is -0.908. The van der Waals surface area contributed by atoms with Crippen LogP contribution in [0.5, 0.6) is 5.75 Å². The number of carboxylic acids is 1. The Morgan fingerprint density at radius 3 is 2.68 bits per heavy atom. The highest BCUT2D eigenvalue weighted by Crippen LogP contribution is 2.32. The first kappa shape index (κ1) is 12.6. The Balaban J connectivity index is 2.72. The Bertz CT molecular complexity index is 719. The van der Waals surface area contributed by atoms with E-state index in [2.05, 4.69) is 0 Å². The average Bonchev–Trinajstić information content (AvgIpc) is 2.34. The third-order valence-corrected chi connectivity index (χ3v) is 2.26. The number of hydrogen-bond acceptors (Lipinski definition) is 7. The summed E-state index contributed by atoms with van der Waals surface area (Å²) in [5.74, 6) is -2.01. The monoisotopic (exact) mass is 264 g/mol. The average molecular weight is 264 g/mol. The number of ether oxygens (including phenoxy) is 1. The first-order valence-electron chi connectivity index (χ1n) is 5.03. The fourth-order valence-electron chi connectivity index (χ4n) is 1.55. The molecule has 8 nitrogen and oxygen atoms in total. The number of aliphatic carboxylic acids is 1. The van der Waals surface area contributed by atoms with Gasteiger partial charge in [0, 0.05) is 0 Å². The number of carbonyl (C=O) groups is 1. The predicted octanol–water partition coefficient (Wildman–Crippen LogP) is -0.170. The minimum atomic E-state index is -1.56. The summed E-state index contributed by atoms with van der Waals surface area (Å²) >= 11 is 0. The molecule has 1 heterocycles. The van der Waals surface area contributed by atoms with E-state index in [1.165, 1.54) is 18.2 Å². The molecule has 0 aliphatic heterocycles. The minimum absolute atomic E-state index is 0.0615. The molecule has 0 amide bonds. The molecule has 0 aliphatic rings. The van der Waals surface area contributed by atoms with Crippen LogP contribution < -0.4 is 15.5 Å². The van der Waals surface area contributed by atoms with Gasteiger partial charge in [-0.3, -0.25) is 10.1 Å². The molecule has 8 heteroatoms. The van der Waals surface area contributed by atoms with Gasteiger partial charge in [-0.1, -0.05) is 12.1 Å². The Labute approximate surface area is 105 Å². The van der Waals surface area contributed by atoms with Crippen LogP contribution in [-0.2, 0) is 4.79 Å². The molecule has 1 aromatic heterocycles. The van der Waals surface area contributed by atoms with Crippen LogP contribution in [0.1, 0.15) is 0 Å². The summed E-state index contributed by atoms with van der Waals surface area (Å²) in [6, 6.07) is 5.92. The van der Waals surface area contributed by atoms with Crippen LogP contribution in [0.25, 0.3) is 11.0 Å². The van der Waals surface area contributed by atoms with Crippen LogP contribution in [0.15, 0.2) is 33.5 Å². The summed E-state index contributed by atoms with van der Waals surface area (Å²) < 4.78 is 9.55. The lowest BCUT2D eigenvalue weighted by molar-refractivity contribution is -0.388. The molecule has 2 aromatic rings. The van der Waals surface area contributed by atoms with Crippen molar-refractivity contribution in [2.75, 3.05) is 6.61 Å². The Hall–Kier alpha value is -2.90. The molecule has 0 fully saturated rings. The number of nitrogens with zero attached hydrogens (tertiary/aromatic N) is 1. The fraction of sp³-hybridized carbons (Fsp3) is 0.0909. The summed E-state index contributed by atoms with van der Waals surface area (Å²) in [7, 11) is 0. The molecule has 19 heavy (non-hydrogen) atoms. The molecule has 1 aromatic carbocycles. The van der Waals surface area contributed by atoms with Gasteiger partial charge < -0.3 is 19.1 Å². The highest BCUT2D eigenvalue weighted by atomic mass is 16.6. The van der Waals surface area contributed by atoms with E-state index in [1.807, 2.05) is 0 Å². The van der Waals surface area contributed by atoms with Crippen molar-refractivity contribution in [3.05, 3.63) is 44.8 Å². The molecule has 98 valence electrons. The van der Waals surface area contributed by atoms with Crippen molar-refractivity contribution in [2.45, 2.75) is 0 Å². The highest BCUT2D eigenvalue weighted by molar-refractivity contribution is 5.87. The number of nitro groups is 1. The van der Waals surface area contributed by atoms with Gasteiger partial charge in [0.1, 0.15) is 12.2 Å². The van der Waals surface area contributed by atoms with E-state index >= 15 is 0 Å². The number of fused-ring (bicyclic) bond motifs is 1. The van der Waals surface area contributed by atoms with Gasteiger partial charge in [-0.15, -0.1) is 0 Å². The molecule has 0 atom stereocenters. The van der Waals surface area contributed by atoms with Crippen molar-refractivity contribution in [3.8, 4) is 5.75 Å². The SMILES string of the molecule is O=C([O-])COc1c([N+](=O)[O-])c(=O)oc2ccccc12. The van der Waals surface area contributed by atoms with E-state index in [1.54, 1.807) is 6.07 Å². The molecule has 0 bridgehead atoms. The van der Waals surface area contributed by atoms with Gasteiger partial charge in [-0.05, 0) is 12.1 Å². The maximum absolute atomic E-state index is 11.5. The van der Waals surface area contributed by atoms with Crippen LogP contribution in [0.2, 0.25) is 0 Å². The largest absolute Gasteiger partial charge is 0.546 e. The number of carbonyl (C=O) groups excluding carboxylic acids is 1. The van der Waals surface area contributed by atoms with E-state index in [9.17, 15) is 24.8 Å². The number of rotatable bonds is 4. The zero-order chi connectivity index (χ0) is 14.0. The van der Waals surface area contributed by atoms with E-state index in [0.29, 0.717) is 0 Å². The number of para-hydroxylation sites is 1. The van der Waals surface area contributed by atoms with Gasteiger partial charge >= 0.3 is 11.3 Å². The Morgan fingerprint density at radius 2 is 2.05 bits per heavy atom. The number of benzene rings is 1. The lowest BCUT2D eigenvalue weighted by atomic mass is 10.2. The molecule has 0 N–H and O–H groups in total. The molecule has 0 aliphatic carbocycles. The first-order chi connectivity index (χ1) is 9.00.